The van der Waals surface area contributed by atoms with E-state index in [0.717, 1.165) is 10.7 Å². The summed E-state index contributed by atoms with van der Waals surface area (Å²) in [6.45, 7) is 2.29. The number of amides is 2. The Morgan fingerprint density at radius 1 is 1.41 bits per heavy atom. The molecule has 0 bridgehead atoms. The minimum Gasteiger partial charge on any atom is -0.355 e. The zero-order valence-corrected chi connectivity index (χ0v) is 11.0. The molecule has 1 aromatic heterocycles. The molecule has 0 saturated heterocycles. The fourth-order valence-electron chi connectivity index (χ4n) is 1.13. The summed E-state index contributed by atoms with van der Waals surface area (Å²) in [6.07, 6.45) is 0.252. The van der Waals surface area contributed by atoms with Gasteiger partial charge in [-0.25, -0.2) is 4.98 Å². The summed E-state index contributed by atoms with van der Waals surface area (Å²) in [5.41, 5.74) is 0.790. The molecule has 0 atom stereocenters. The molecule has 1 heterocycles. The Morgan fingerprint density at radius 2 is 2.12 bits per heavy atom. The maximum atomic E-state index is 11.5. The molecule has 0 aromatic carbocycles. The van der Waals surface area contributed by atoms with E-state index >= 15 is 0 Å². The highest BCUT2D eigenvalue weighted by molar-refractivity contribution is 7.09. The van der Waals surface area contributed by atoms with Crippen LogP contribution in [0.4, 0.5) is 0 Å². The molecule has 1 rings (SSSR count). The molecular formula is C10H14ClN3O2S. The number of nitrogens with zero attached hydrogens (tertiary/aromatic N) is 1. The Balaban J connectivity index is 2.22. The number of nitrogens with one attached hydrogen (secondary N) is 2. The van der Waals surface area contributed by atoms with E-state index < -0.39 is 0 Å². The Morgan fingerprint density at radius 3 is 2.71 bits per heavy atom. The zero-order chi connectivity index (χ0) is 12.7. The first-order valence-corrected chi connectivity index (χ1v) is 6.53. The molecule has 94 valence electrons. The van der Waals surface area contributed by atoms with E-state index in [1.807, 2.05) is 5.38 Å². The molecule has 2 amide bonds. The number of carbonyl (C=O) groups excluding carboxylic acids is 2. The van der Waals surface area contributed by atoms with Crippen LogP contribution in [-0.4, -0.2) is 29.9 Å². The summed E-state index contributed by atoms with van der Waals surface area (Å²) < 4.78 is 0. The molecular weight excluding hydrogens is 262 g/mol. The average Bonchev–Trinajstić information content (AvgIpc) is 2.72. The number of carbonyl (C=O) groups is 2. The van der Waals surface area contributed by atoms with E-state index in [-0.39, 0.29) is 18.2 Å². The predicted octanol–water partition coefficient (Wildman–Crippen LogP) is 0.677. The molecule has 5 nitrogen and oxygen atoms in total. The second kappa shape index (κ2) is 7.24. The topological polar surface area (TPSA) is 71.1 Å². The highest BCUT2D eigenvalue weighted by Crippen LogP contribution is 2.11. The standard InChI is InChI=1S/C10H14ClN3O2S/c1-7(15)12-2-3-13-9(16)4-10-14-8(5-11)6-17-10/h6H,2-5H2,1H3,(H,12,15)(H,13,16). The van der Waals surface area contributed by atoms with Crippen LogP contribution in [0, 0.1) is 0 Å². The SMILES string of the molecule is CC(=O)NCCNC(=O)Cc1nc(CCl)cs1. The fourth-order valence-corrected chi connectivity index (χ4v) is 2.15. The molecule has 0 aliphatic carbocycles. The number of thiazole rings is 1. The molecule has 0 fully saturated rings. The summed E-state index contributed by atoms with van der Waals surface area (Å²) in [7, 11) is 0. The molecule has 1 aromatic rings. The Hall–Kier alpha value is -1.14. The van der Waals surface area contributed by atoms with Gasteiger partial charge in [-0.15, -0.1) is 22.9 Å². The average molecular weight is 276 g/mol. The first-order chi connectivity index (χ1) is 8.11. The van der Waals surface area contributed by atoms with Crippen LogP contribution >= 0.6 is 22.9 Å². The largest absolute Gasteiger partial charge is 0.355 e. The van der Waals surface area contributed by atoms with E-state index in [4.69, 9.17) is 11.6 Å². The van der Waals surface area contributed by atoms with Crippen LogP contribution in [0.2, 0.25) is 0 Å². The highest BCUT2D eigenvalue weighted by Gasteiger charge is 2.07. The fraction of sp³-hybridized carbons (Fsp3) is 0.500. The molecule has 0 aliphatic heterocycles. The van der Waals surface area contributed by atoms with Gasteiger partial charge >= 0.3 is 0 Å². The van der Waals surface area contributed by atoms with Crippen LogP contribution in [0.5, 0.6) is 0 Å². The van der Waals surface area contributed by atoms with Crippen LogP contribution in [0.25, 0.3) is 0 Å². The first-order valence-electron chi connectivity index (χ1n) is 5.12. The van der Waals surface area contributed by atoms with Crippen LogP contribution in [0.1, 0.15) is 17.6 Å². The van der Waals surface area contributed by atoms with Gasteiger partial charge in [0.1, 0.15) is 5.01 Å². The van der Waals surface area contributed by atoms with Crippen molar-refractivity contribution in [1.29, 1.82) is 0 Å². The second-order valence-electron chi connectivity index (χ2n) is 3.38. The number of hydrogen-bond acceptors (Lipinski definition) is 4. The van der Waals surface area contributed by atoms with Crippen LogP contribution < -0.4 is 10.6 Å². The summed E-state index contributed by atoms with van der Waals surface area (Å²) in [5, 5.41) is 7.88. The minimum atomic E-state index is -0.106. The smallest absolute Gasteiger partial charge is 0.226 e. The minimum absolute atomic E-state index is 0.106. The van der Waals surface area contributed by atoms with Crippen molar-refractivity contribution in [1.82, 2.24) is 15.6 Å². The molecule has 17 heavy (non-hydrogen) atoms. The molecule has 2 N–H and O–H groups in total. The van der Waals surface area contributed by atoms with Gasteiger partial charge in [0.15, 0.2) is 0 Å². The molecule has 0 aliphatic rings. The van der Waals surface area contributed by atoms with Crippen molar-refractivity contribution < 1.29 is 9.59 Å². The van der Waals surface area contributed by atoms with Gasteiger partial charge in [-0.3, -0.25) is 9.59 Å². The maximum Gasteiger partial charge on any atom is 0.226 e. The van der Waals surface area contributed by atoms with Gasteiger partial charge in [-0.1, -0.05) is 0 Å². The lowest BCUT2D eigenvalue weighted by Gasteiger charge is -2.04. The van der Waals surface area contributed by atoms with Gasteiger partial charge in [0, 0.05) is 25.4 Å². The molecule has 0 saturated carbocycles. The monoisotopic (exact) mass is 275 g/mol. The number of hydrogen-bond donors (Lipinski definition) is 2. The third-order valence-electron chi connectivity index (χ3n) is 1.87. The number of alkyl halides is 1. The first kappa shape index (κ1) is 13.9. The number of rotatable bonds is 6. The van der Waals surface area contributed by atoms with E-state index in [0.29, 0.717) is 19.0 Å². The lowest BCUT2D eigenvalue weighted by Crippen LogP contribution is -2.34. The number of halogens is 1. The van der Waals surface area contributed by atoms with Crippen LogP contribution in [0.15, 0.2) is 5.38 Å². The van der Waals surface area contributed by atoms with Crippen molar-refractivity contribution in [3.63, 3.8) is 0 Å². The van der Waals surface area contributed by atoms with Crippen molar-refractivity contribution in [3.8, 4) is 0 Å². The van der Waals surface area contributed by atoms with Crippen molar-refractivity contribution in [2.75, 3.05) is 13.1 Å². The van der Waals surface area contributed by atoms with E-state index in [9.17, 15) is 9.59 Å². The van der Waals surface area contributed by atoms with E-state index in [1.165, 1.54) is 18.3 Å². The Bertz CT molecular complexity index is 395. The highest BCUT2D eigenvalue weighted by atomic mass is 35.5. The van der Waals surface area contributed by atoms with Gasteiger partial charge in [0.25, 0.3) is 0 Å². The van der Waals surface area contributed by atoms with Gasteiger partial charge in [-0.2, -0.15) is 0 Å². The normalized spacial score (nSPS) is 10.0. The quantitative estimate of drug-likeness (QED) is 0.592. The molecule has 0 spiro atoms. The number of aromatic nitrogens is 1. The Kier molecular flexibility index (Phi) is 5.93. The molecule has 0 unspecified atom stereocenters. The summed E-state index contributed by atoms with van der Waals surface area (Å²) in [4.78, 5) is 26.2. The van der Waals surface area contributed by atoms with Crippen molar-refractivity contribution >= 4 is 34.8 Å². The van der Waals surface area contributed by atoms with Crippen molar-refractivity contribution in [2.24, 2.45) is 0 Å². The summed E-state index contributed by atoms with van der Waals surface area (Å²) in [5.74, 6) is 0.150. The lowest BCUT2D eigenvalue weighted by atomic mass is 10.4. The predicted molar refractivity (Wildman–Crippen MR) is 67.1 cm³/mol. The van der Waals surface area contributed by atoms with Crippen molar-refractivity contribution in [3.05, 3.63) is 16.1 Å². The van der Waals surface area contributed by atoms with Gasteiger partial charge in [-0.05, 0) is 0 Å². The lowest BCUT2D eigenvalue weighted by molar-refractivity contribution is -0.121. The second-order valence-corrected chi connectivity index (χ2v) is 4.59. The van der Waals surface area contributed by atoms with Crippen LogP contribution in [0.3, 0.4) is 0 Å². The van der Waals surface area contributed by atoms with Gasteiger partial charge in [0.05, 0.1) is 18.0 Å². The van der Waals surface area contributed by atoms with Crippen LogP contribution in [-0.2, 0) is 21.9 Å². The third kappa shape index (κ3) is 5.65. The van der Waals surface area contributed by atoms with E-state index in [1.54, 1.807) is 0 Å². The van der Waals surface area contributed by atoms with E-state index in [2.05, 4.69) is 15.6 Å². The molecule has 0 radical (unpaired) electrons. The zero-order valence-electron chi connectivity index (χ0n) is 9.46. The molecule has 7 heteroatoms. The summed E-state index contributed by atoms with van der Waals surface area (Å²) in [6, 6.07) is 0. The van der Waals surface area contributed by atoms with Gasteiger partial charge < -0.3 is 10.6 Å². The Labute approximate surface area is 109 Å². The maximum absolute atomic E-state index is 11.5. The summed E-state index contributed by atoms with van der Waals surface area (Å²) >= 11 is 7.03. The van der Waals surface area contributed by atoms with Crippen molar-refractivity contribution in [2.45, 2.75) is 19.2 Å². The third-order valence-corrected chi connectivity index (χ3v) is 3.04. The van der Waals surface area contributed by atoms with Gasteiger partial charge in [0.2, 0.25) is 11.8 Å².